The molecule has 0 bridgehead atoms. The van der Waals surface area contributed by atoms with Gasteiger partial charge in [-0.2, -0.15) is 0 Å². The summed E-state index contributed by atoms with van der Waals surface area (Å²) in [6.45, 7) is 4.54. The van der Waals surface area contributed by atoms with Crippen LogP contribution in [0.2, 0.25) is 0 Å². The van der Waals surface area contributed by atoms with E-state index in [1.54, 1.807) is 0 Å². The molecule has 4 heteroatoms. The van der Waals surface area contributed by atoms with Gasteiger partial charge in [0, 0.05) is 67.0 Å². The first-order valence-electron chi connectivity index (χ1n) is 49.0. The predicted molar refractivity (Wildman–Crippen MR) is 605 cm³/mol. The Hall–Kier alpha value is -18.5. The average Bonchev–Trinajstić information content (AvgIpc) is 1.40. The van der Waals surface area contributed by atoms with Gasteiger partial charge in [-0.1, -0.05) is 400 Å². The first-order chi connectivity index (χ1) is 70.3. The highest BCUT2D eigenvalue weighted by molar-refractivity contribution is 6.24. The molecule has 0 unspecified atom stereocenters. The van der Waals surface area contributed by atoms with Crippen LogP contribution in [0.5, 0.6) is 0 Å². The zero-order valence-electron chi connectivity index (χ0n) is 78.8. The molecule has 4 nitrogen and oxygen atoms in total. The molecule has 0 aliphatic heterocycles. The second-order valence-electron chi connectivity index (χ2n) is 37.0. The molecule has 0 fully saturated rings. The summed E-state index contributed by atoms with van der Waals surface area (Å²) >= 11 is 0. The summed E-state index contributed by atoms with van der Waals surface area (Å²) in [6.07, 6.45) is 0. The fourth-order valence-corrected chi connectivity index (χ4v) is 21.9. The Morgan fingerprint density at radius 3 is 0.634 bits per heavy atom. The molecule has 26 rings (SSSR count). The standard InChI is InChI=1S/C70H50N2.C68H46N2/c1-47-44-68(48(2)43-63(47)70-61-29-17-15-27-59(61)69(60-28-16-18-30-62(60)70)53-33-31-52(32-34-53)49-19-7-3-8-20-49)71(56-25-13-6-14-26-56)57-37-39-58(40-38-57)72-66-41-35-54(50-21-9-4-10-22-50)45-64(66)65-46-55(36-42-67(65)72)51-23-11-5-12-24-51;1-5-17-47(18-6-1)50-29-31-51(32-30-50)67-59-25-13-15-27-61(59)68(62-28-16-14-26-60(62)67)52-33-37-56(38-34-52)69(55-23-11-4-12-24-55)57-39-41-58(42-40-57)70-65-43-35-53(48-19-7-2-8-20-48)45-63(65)64-46-54(36-44-66(64)70)49-21-9-3-10-22-49/h3-46H,1-2H3;1-46H. The second-order valence-corrected chi connectivity index (χ2v) is 37.0. The van der Waals surface area contributed by atoms with E-state index in [0.717, 1.165) is 45.5 Å². The number of aromatic nitrogens is 2. The van der Waals surface area contributed by atoms with E-state index in [2.05, 4.69) is 579 Å². The third-order valence-corrected chi connectivity index (χ3v) is 28.6. The van der Waals surface area contributed by atoms with Crippen LogP contribution >= 0.6 is 0 Å². The van der Waals surface area contributed by atoms with Crippen LogP contribution in [-0.4, -0.2) is 9.13 Å². The Kier molecular flexibility index (Phi) is 22.1. The molecule has 24 aromatic carbocycles. The van der Waals surface area contributed by atoms with Gasteiger partial charge in [0.2, 0.25) is 0 Å². The number of fused-ring (bicyclic) bond motifs is 10. The number of hydrogen-bond donors (Lipinski definition) is 0. The van der Waals surface area contributed by atoms with E-state index in [1.165, 1.54) is 209 Å². The zero-order chi connectivity index (χ0) is 94.5. The molecule has 0 atom stereocenters. The maximum absolute atomic E-state index is 2.43. The van der Waals surface area contributed by atoms with Crippen molar-refractivity contribution >= 4 is 121 Å². The lowest BCUT2D eigenvalue weighted by Crippen LogP contribution is -2.12. The normalized spacial score (nSPS) is 11.5. The SMILES string of the molecule is Cc1cc(N(c2ccccc2)c2ccc(-n3c4ccc(-c5ccccc5)cc4c4cc(-c5ccccc5)ccc43)cc2)c(C)cc1-c1c2ccccc2c(-c2ccc(-c3ccccc3)cc2)c2ccccc12.c1ccc(-c2ccc(-c3c4ccccc4c(-c4ccc(N(c5ccccc5)c5ccc(-n6c7ccc(-c8ccccc8)cc7c7cc(-c8ccccc8)ccc76)cc5)cc4)c4ccccc34)cc2)cc1. The van der Waals surface area contributed by atoms with Crippen LogP contribution < -0.4 is 9.80 Å². The van der Waals surface area contributed by atoms with Crippen LogP contribution in [0, 0.1) is 13.8 Å². The lowest BCUT2D eigenvalue weighted by Gasteiger charge is -2.29. The van der Waals surface area contributed by atoms with Crippen molar-refractivity contribution in [2.24, 2.45) is 0 Å². The van der Waals surface area contributed by atoms with Gasteiger partial charge in [-0.15, -0.1) is 0 Å². The summed E-state index contributed by atoms with van der Waals surface area (Å²) in [5, 5.41) is 14.9. The molecule has 0 aliphatic rings. The predicted octanol–water partition coefficient (Wildman–Crippen LogP) is 38.4. The van der Waals surface area contributed by atoms with E-state index < -0.39 is 0 Å². The van der Waals surface area contributed by atoms with Crippen LogP contribution in [0.3, 0.4) is 0 Å². The van der Waals surface area contributed by atoms with Gasteiger partial charge in [0.1, 0.15) is 0 Å². The van der Waals surface area contributed by atoms with E-state index >= 15 is 0 Å². The van der Waals surface area contributed by atoms with Crippen LogP contribution in [0.25, 0.3) is 209 Å². The first-order valence-corrected chi connectivity index (χ1v) is 49.0. The molecule has 26 aromatic rings. The topological polar surface area (TPSA) is 16.3 Å². The lowest BCUT2D eigenvalue weighted by atomic mass is 9.84. The Balaban J connectivity index is 0.000000149. The van der Waals surface area contributed by atoms with E-state index in [4.69, 9.17) is 0 Å². The maximum Gasteiger partial charge on any atom is 0.0541 e. The fraction of sp³-hybridized carbons (Fsp3) is 0.0145. The Morgan fingerprint density at radius 2 is 0.345 bits per heavy atom. The van der Waals surface area contributed by atoms with Gasteiger partial charge in [-0.25, -0.2) is 0 Å². The monoisotopic (exact) mass is 1810 g/mol. The minimum absolute atomic E-state index is 1.08. The minimum atomic E-state index is 1.08. The lowest BCUT2D eigenvalue weighted by molar-refractivity contribution is 1.17. The summed E-state index contributed by atoms with van der Waals surface area (Å²) in [5.41, 5.74) is 40.5. The quantitative estimate of drug-likeness (QED) is 0.0796. The largest absolute Gasteiger partial charge is 0.311 e. The number of hydrogen-bond acceptors (Lipinski definition) is 2. The molecule has 142 heavy (non-hydrogen) atoms. The second kappa shape index (κ2) is 36.9. The van der Waals surface area contributed by atoms with E-state index in [-0.39, 0.29) is 0 Å². The zero-order valence-corrected chi connectivity index (χ0v) is 78.8. The molecule has 0 radical (unpaired) electrons. The van der Waals surface area contributed by atoms with Crippen LogP contribution in [-0.2, 0) is 0 Å². The van der Waals surface area contributed by atoms with E-state index in [1.807, 2.05) is 0 Å². The minimum Gasteiger partial charge on any atom is -0.311 e. The molecule has 0 saturated carbocycles. The van der Waals surface area contributed by atoms with Crippen molar-refractivity contribution in [3.8, 4) is 123 Å². The molecule has 2 aromatic heterocycles. The van der Waals surface area contributed by atoms with Gasteiger partial charge in [0.05, 0.1) is 22.1 Å². The van der Waals surface area contributed by atoms with Gasteiger partial charge >= 0.3 is 0 Å². The van der Waals surface area contributed by atoms with Crippen molar-refractivity contribution < 1.29 is 0 Å². The first kappa shape index (κ1) is 85.2. The number of para-hydroxylation sites is 2. The van der Waals surface area contributed by atoms with Gasteiger partial charge in [-0.3, -0.25) is 0 Å². The van der Waals surface area contributed by atoms with Gasteiger partial charge in [0.25, 0.3) is 0 Å². The average molecular weight is 1810 g/mol. The molecule has 0 aliphatic carbocycles. The molecule has 0 N–H and O–H groups in total. The molecular weight excluding hydrogens is 1710 g/mol. The van der Waals surface area contributed by atoms with Crippen molar-refractivity contribution in [2.75, 3.05) is 9.80 Å². The Labute approximate surface area is 827 Å². The van der Waals surface area contributed by atoms with Crippen molar-refractivity contribution in [2.45, 2.75) is 13.8 Å². The van der Waals surface area contributed by atoms with E-state index in [0.29, 0.717) is 0 Å². The third kappa shape index (κ3) is 15.7. The van der Waals surface area contributed by atoms with Crippen LogP contribution in [0.4, 0.5) is 34.1 Å². The molecule has 668 valence electrons. The number of rotatable bonds is 18. The number of benzene rings is 24. The highest BCUT2D eigenvalue weighted by atomic mass is 15.2. The molecule has 0 amide bonds. The third-order valence-electron chi connectivity index (χ3n) is 28.6. The van der Waals surface area contributed by atoms with Crippen molar-refractivity contribution in [3.63, 3.8) is 0 Å². The highest BCUT2D eigenvalue weighted by Gasteiger charge is 2.26. The van der Waals surface area contributed by atoms with Crippen molar-refractivity contribution in [3.05, 3.63) is 557 Å². The molecule has 2 heterocycles. The number of anilines is 6. The Morgan fingerprint density at radius 1 is 0.141 bits per heavy atom. The van der Waals surface area contributed by atoms with Gasteiger partial charge in [-0.05, 0) is 325 Å². The maximum atomic E-state index is 2.43. The van der Waals surface area contributed by atoms with Crippen molar-refractivity contribution in [1.29, 1.82) is 0 Å². The smallest absolute Gasteiger partial charge is 0.0541 e. The summed E-state index contributed by atoms with van der Waals surface area (Å²) in [7, 11) is 0. The number of nitrogens with zero attached hydrogens (tertiary/aromatic N) is 4. The summed E-state index contributed by atoms with van der Waals surface area (Å²) in [5.74, 6) is 0. The van der Waals surface area contributed by atoms with Gasteiger partial charge in [0.15, 0.2) is 0 Å². The molecular formula is C138H96N4. The number of aryl methyl sites for hydroxylation is 2. The van der Waals surface area contributed by atoms with E-state index in [9.17, 15) is 0 Å². The summed E-state index contributed by atoms with van der Waals surface area (Å²) < 4.78 is 4.84. The summed E-state index contributed by atoms with van der Waals surface area (Å²) in [4.78, 5) is 4.77. The van der Waals surface area contributed by atoms with Gasteiger partial charge < -0.3 is 18.9 Å². The van der Waals surface area contributed by atoms with Crippen LogP contribution in [0.15, 0.2) is 546 Å². The fourth-order valence-electron chi connectivity index (χ4n) is 21.9. The molecule has 0 spiro atoms. The van der Waals surface area contributed by atoms with Crippen LogP contribution in [0.1, 0.15) is 11.1 Å². The Bertz CT molecular complexity index is 8880. The summed E-state index contributed by atoms with van der Waals surface area (Å²) in [6, 6.07) is 199. The highest BCUT2D eigenvalue weighted by Crippen LogP contribution is 2.51. The molecule has 0 saturated heterocycles. The van der Waals surface area contributed by atoms with Crippen molar-refractivity contribution in [1.82, 2.24) is 9.13 Å².